The third kappa shape index (κ3) is 2.53. The summed E-state index contributed by atoms with van der Waals surface area (Å²) in [5.74, 6) is -11.4. The number of benzene rings is 1. The molecule has 0 heterocycles. The topological polar surface area (TPSA) is 55.5 Å². The smallest absolute Gasteiger partial charge is 0.455 e. The van der Waals surface area contributed by atoms with Gasteiger partial charge in [-0.1, -0.05) is 0 Å². The molecule has 0 aliphatic rings. The number of anilines is 1. The van der Waals surface area contributed by atoms with Gasteiger partial charge in [-0.05, 0) is 28.1 Å². The zero-order chi connectivity index (χ0) is 15.9. The Bertz CT molecular complexity index is 517. The van der Waals surface area contributed by atoms with Crippen molar-refractivity contribution in [1.29, 1.82) is 0 Å². The maximum atomic E-state index is 13.6. The minimum absolute atomic E-state index is 0.165. The van der Waals surface area contributed by atoms with E-state index in [1.807, 2.05) is 0 Å². The molecule has 1 rings (SSSR count). The Morgan fingerprint density at radius 3 is 2.05 bits per heavy atom. The number of alkyl halides is 6. The largest absolute Gasteiger partial charge is 0.495 e. The van der Waals surface area contributed by atoms with Crippen molar-refractivity contribution in [3.63, 3.8) is 0 Å². The molecule has 0 amide bonds. The molecule has 0 saturated heterocycles. The van der Waals surface area contributed by atoms with Gasteiger partial charge in [-0.2, -0.15) is 26.3 Å². The van der Waals surface area contributed by atoms with Gasteiger partial charge in [0.1, 0.15) is 5.75 Å². The van der Waals surface area contributed by atoms with E-state index in [9.17, 15) is 26.3 Å². The molecule has 0 bridgehead atoms. The summed E-state index contributed by atoms with van der Waals surface area (Å²) in [6.45, 7) is 0. The van der Waals surface area contributed by atoms with Crippen LogP contribution in [0.25, 0.3) is 0 Å². The summed E-state index contributed by atoms with van der Waals surface area (Å²) in [7, 11) is 1.03. The minimum atomic E-state index is -6.18. The number of rotatable bonds is 3. The molecule has 0 radical (unpaired) electrons. The summed E-state index contributed by atoms with van der Waals surface area (Å²) >= 11 is 2.72. The highest BCUT2D eigenvalue weighted by atomic mass is 79.9. The summed E-state index contributed by atoms with van der Waals surface area (Å²) in [4.78, 5) is 0. The molecule has 0 aliphatic heterocycles. The van der Waals surface area contributed by atoms with Crippen molar-refractivity contribution < 1.29 is 36.2 Å². The molecule has 3 N–H and O–H groups in total. The first-order valence-corrected chi connectivity index (χ1v) is 5.65. The van der Waals surface area contributed by atoms with Crippen LogP contribution in [-0.2, 0) is 5.92 Å². The van der Waals surface area contributed by atoms with Crippen molar-refractivity contribution in [3.8, 4) is 5.75 Å². The van der Waals surface area contributed by atoms with E-state index in [2.05, 4.69) is 20.7 Å². The van der Waals surface area contributed by atoms with E-state index < -0.39 is 29.3 Å². The Morgan fingerprint density at radius 2 is 1.65 bits per heavy atom. The van der Waals surface area contributed by atoms with Gasteiger partial charge in [-0.25, -0.2) is 0 Å². The fourth-order valence-electron chi connectivity index (χ4n) is 1.31. The van der Waals surface area contributed by atoms with Crippen molar-refractivity contribution in [2.45, 2.75) is 18.0 Å². The molecule has 0 saturated carbocycles. The first-order valence-electron chi connectivity index (χ1n) is 4.85. The van der Waals surface area contributed by atoms with E-state index in [1.165, 1.54) is 0 Å². The lowest BCUT2D eigenvalue weighted by Crippen LogP contribution is -2.53. The van der Waals surface area contributed by atoms with E-state index in [-0.39, 0.29) is 10.2 Å². The maximum Gasteiger partial charge on any atom is 0.455 e. The van der Waals surface area contributed by atoms with Crippen molar-refractivity contribution in [2.75, 3.05) is 12.8 Å². The highest BCUT2D eigenvalue weighted by Gasteiger charge is 2.71. The molecular weight excluding hydrogens is 360 g/mol. The quantitative estimate of drug-likeness (QED) is 0.636. The normalized spacial score (nSPS) is 15.8. The molecule has 1 aromatic carbocycles. The molecule has 0 spiro atoms. The van der Waals surface area contributed by atoms with E-state index >= 15 is 0 Å². The van der Waals surface area contributed by atoms with Crippen LogP contribution in [0.15, 0.2) is 16.6 Å². The van der Waals surface area contributed by atoms with E-state index in [0.29, 0.717) is 12.1 Å². The van der Waals surface area contributed by atoms with Crippen molar-refractivity contribution >= 4 is 21.6 Å². The van der Waals surface area contributed by atoms with Crippen LogP contribution in [0.5, 0.6) is 5.75 Å². The number of hydrogen-bond donors (Lipinski definition) is 2. The monoisotopic (exact) mass is 367 g/mol. The van der Waals surface area contributed by atoms with Crippen LogP contribution in [0.3, 0.4) is 0 Å². The molecule has 0 aromatic heterocycles. The SMILES string of the molecule is COc1cc(C(F)(F)C(O)(F)C(F)(F)F)cc(Br)c1N. The van der Waals surface area contributed by atoms with Crippen molar-refractivity contribution in [1.82, 2.24) is 0 Å². The van der Waals surface area contributed by atoms with E-state index in [4.69, 9.17) is 10.8 Å². The third-order valence-electron chi connectivity index (χ3n) is 2.47. The van der Waals surface area contributed by atoms with Crippen LogP contribution in [0, 0.1) is 0 Å². The summed E-state index contributed by atoms with van der Waals surface area (Å²) in [5.41, 5.74) is 3.79. The molecule has 10 heteroatoms. The van der Waals surface area contributed by atoms with Gasteiger partial charge < -0.3 is 15.6 Å². The van der Waals surface area contributed by atoms with Gasteiger partial charge in [0.2, 0.25) is 0 Å². The summed E-state index contributed by atoms with van der Waals surface area (Å²) in [6.07, 6.45) is -6.18. The number of methoxy groups -OCH3 is 1. The minimum Gasteiger partial charge on any atom is -0.495 e. The zero-order valence-corrected chi connectivity index (χ0v) is 11.3. The van der Waals surface area contributed by atoms with Crippen LogP contribution in [0.4, 0.5) is 32.0 Å². The number of nitrogens with two attached hydrogens (primary N) is 1. The molecule has 1 unspecified atom stereocenters. The standard InChI is InChI=1S/C10H8BrF6NO2/c1-20-6-3-4(2-5(11)7(6)18)8(12,13)9(14,19)10(15,16)17/h2-3,19H,18H2,1H3. The Kier molecular flexibility index (Phi) is 4.22. The molecule has 0 fully saturated rings. The Balaban J connectivity index is 3.47. The zero-order valence-electron chi connectivity index (χ0n) is 9.73. The van der Waals surface area contributed by atoms with Gasteiger partial charge in [0.25, 0.3) is 0 Å². The van der Waals surface area contributed by atoms with Gasteiger partial charge in [0.05, 0.1) is 12.8 Å². The molecular formula is C10H8BrF6NO2. The third-order valence-corrected chi connectivity index (χ3v) is 3.12. The predicted molar refractivity (Wildman–Crippen MR) is 61.1 cm³/mol. The van der Waals surface area contributed by atoms with Crippen LogP contribution >= 0.6 is 15.9 Å². The van der Waals surface area contributed by atoms with Crippen LogP contribution in [0.1, 0.15) is 5.56 Å². The molecule has 1 aromatic rings. The molecule has 1 atom stereocenters. The first-order chi connectivity index (χ1) is 8.86. The van der Waals surface area contributed by atoms with Crippen molar-refractivity contribution in [3.05, 3.63) is 22.2 Å². The average Bonchev–Trinajstić information content (AvgIpc) is 2.30. The number of nitrogen functional groups attached to an aromatic ring is 1. The van der Waals surface area contributed by atoms with Crippen LogP contribution in [-0.4, -0.2) is 24.2 Å². The number of aliphatic hydroxyl groups is 1. The van der Waals surface area contributed by atoms with E-state index in [0.717, 1.165) is 7.11 Å². The lowest BCUT2D eigenvalue weighted by atomic mass is 10.00. The summed E-state index contributed by atoms with van der Waals surface area (Å²) in [6, 6.07) is 0.879. The Hall–Kier alpha value is -1.16. The van der Waals surface area contributed by atoms with Crippen molar-refractivity contribution in [2.24, 2.45) is 0 Å². The second-order valence-electron chi connectivity index (χ2n) is 3.77. The number of halogens is 7. The van der Waals surface area contributed by atoms with Gasteiger partial charge in [-0.3, -0.25) is 0 Å². The Labute approximate surface area is 117 Å². The lowest BCUT2D eigenvalue weighted by Gasteiger charge is -2.30. The van der Waals surface area contributed by atoms with Gasteiger partial charge in [0, 0.05) is 10.0 Å². The first kappa shape index (κ1) is 16.9. The van der Waals surface area contributed by atoms with Gasteiger partial charge in [0.15, 0.2) is 0 Å². The molecule has 20 heavy (non-hydrogen) atoms. The van der Waals surface area contributed by atoms with Crippen LogP contribution in [0.2, 0.25) is 0 Å². The summed E-state index contributed by atoms with van der Waals surface area (Å²) in [5, 5.41) is 8.53. The predicted octanol–water partition coefficient (Wildman–Crippen LogP) is 3.35. The van der Waals surface area contributed by atoms with E-state index in [1.54, 1.807) is 0 Å². The highest BCUT2D eigenvalue weighted by Crippen LogP contribution is 2.50. The fourth-order valence-corrected chi connectivity index (χ4v) is 1.75. The maximum absolute atomic E-state index is 13.6. The van der Waals surface area contributed by atoms with Gasteiger partial charge in [-0.15, -0.1) is 0 Å². The molecule has 3 nitrogen and oxygen atoms in total. The lowest BCUT2D eigenvalue weighted by molar-refractivity contribution is -0.390. The molecule has 0 aliphatic carbocycles. The fraction of sp³-hybridized carbons (Fsp3) is 0.400. The second kappa shape index (κ2) is 4.99. The highest BCUT2D eigenvalue weighted by molar-refractivity contribution is 9.10. The van der Waals surface area contributed by atoms with Gasteiger partial charge >= 0.3 is 18.0 Å². The number of ether oxygens (including phenoxy) is 1. The molecule has 114 valence electrons. The second-order valence-corrected chi connectivity index (χ2v) is 4.62. The van der Waals surface area contributed by atoms with Crippen LogP contribution < -0.4 is 10.5 Å². The average molecular weight is 368 g/mol. The summed E-state index contributed by atoms with van der Waals surface area (Å²) < 4.78 is 81.3. The number of hydrogen-bond acceptors (Lipinski definition) is 3. The Morgan fingerprint density at radius 1 is 1.15 bits per heavy atom.